The Morgan fingerprint density at radius 2 is 2.12 bits per heavy atom. The van der Waals surface area contributed by atoms with Crippen molar-refractivity contribution in [2.24, 2.45) is 0 Å². The van der Waals surface area contributed by atoms with Crippen LogP contribution in [-0.4, -0.2) is 35.9 Å². The molecule has 1 aromatic rings. The van der Waals surface area contributed by atoms with Crippen molar-refractivity contribution in [3.05, 3.63) is 29.6 Å². The van der Waals surface area contributed by atoms with Gasteiger partial charge in [0.2, 0.25) is 0 Å². The van der Waals surface area contributed by atoms with Crippen LogP contribution < -0.4 is 10.2 Å². The van der Waals surface area contributed by atoms with Crippen LogP contribution in [0.5, 0.6) is 0 Å². The molecular weight excluding hydrogens is 239 g/mol. The average Bonchev–Trinajstić information content (AvgIpc) is 2.31. The lowest BCUT2D eigenvalue weighted by Gasteiger charge is -2.30. The van der Waals surface area contributed by atoms with Crippen molar-refractivity contribution < 1.29 is 8.60 Å². The Balaban J connectivity index is 2.21. The third-order valence-corrected chi connectivity index (χ3v) is 4.20. The number of anilines is 1. The van der Waals surface area contributed by atoms with E-state index in [1.54, 1.807) is 6.07 Å². The van der Waals surface area contributed by atoms with E-state index >= 15 is 0 Å². The second-order valence-corrected chi connectivity index (χ2v) is 5.83. The zero-order valence-corrected chi connectivity index (χ0v) is 10.7. The minimum Gasteiger partial charge on any atom is -0.369 e. The Hall–Kier alpha value is -0.940. The monoisotopic (exact) mass is 256 g/mol. The van der Waals surface area contributed by atoms with Gasteiger partial charge in [0.05, 0.1) is 0 Å². The minimum atomic E-state index is -0.681. The van der Waals surface area contributed by atoms with Gasteiger partial charge in [-0.1, -0.05) is 0 Å². The van der Waals surface area contributed by atoms with Gasteiger partial charge in [-0.2, -0.15) is 0 Å². The van der Waals surface area contributed by atoms with Crippen molar-refractivity contribution in [3.63, 3.8) is 0 Å². The summed E-state index contributed by atoms with van der Waals surface area (Å²) < 4.78 is 24.5. The fourth-order valence-corrected chi connectivity index (χ4v) is 3.13. The van der Waals surface area contributed by atoms with Crippen LogP contribution in [0, 0.1) is 5.82 Å². The summed E-state index contributed by atoms with van der Waals surface area (Å²) in [5.74, 6) is 1.20. The molecule has 1 heterocycles. The molecule has 1 aromatic carbocycles. The molecule has 0 saturated carbocycles. The van der Waals surface area contributed by atoms with Crippen LogP contribution in [0.1, 0.15) is 5.56 Å². The Kier molecular flexibility index (Phi) is 4.12. The number of hydrogen-bond acceptors (Lipinski definition) is 3. The molecule has 1 aliphatic rings. The van der Waals surface area contributed by atoms with Crippen LogP contribution >= 0.6 is 0 Å². The summed E-state index contributed by atoms with van der Waals surface area (Å²) in [4.78, 5) is 2.19. The number of benzene rings is 1. The van der Waals surface area contributed by atoms with E-state index in [2.05, 4.69) is 10.2 Å². The minimum absolute atomic E-state index is 0.209. The number of nitrogens with zero attached hydrogens (tertiary/aromatic N) is 1. The highest BCUT2D eigenvalue weighted by molar-refractivity contribution is 7.85. The van der Waals surface area contributed by atoms with Crippen molar-refractivity contribution in [1.82, 2.24) is 5.32 Å². The highest BCUT2D eigenvalue weighted by Gasteiger charge is 2.17. The predicted octanol–water partition coefficient (Wildman–Crippen LogP) is 1.11. The first-order valence-electron chi connectivity index (χ1n) is 5.73. The fraction of sp³-hybridized carbons (Fsp3) is 0.500. The maximum absolute atomic E-state index is 13.2. The lowest BCUT2D eigenvalue weighted by Crippen LogP contribution is -2.38. The fourth-order valence-electron chi connectivity index (χ4n) is 2.07. The van der Waals surface area contributed by atoms with Gasteiger partial charge in [0.25, 0.3) is 0 Å². The SMILES string of the molecule is CNCc1cc(F)ccc1N1CCS(=O)CC1. The molecular formula is C12H17FN2OS. The quantitative estimate of drug-likeness (QED) is 0.879. The van der Waals surface area contributed by atoms with E-state index in [1.807, 2.05) is 13.1 Å². The van der Waals surface area contributed by atoms with Gasteiger partial charge in [-0.3, -0.25) is 4.21 Å². The summed E-state index contributed by atoms with van der Waals surface area (Å²) >= 11 is 0. The molecule has 0 aliphatic carbocycles. The second kappa shape index (κ2) is 5.60. The molecule has 2 rings (SSSR count). The first kappa shape index (κ1) is 12.5. The van der Waals surface area contributed by atoms with Gasteiger partial charge in [-0.05, 0) is 30.8 Å². The van der Waals surface area contributed by atoms with Gasteiger partial charge in [0.15, 0.2) is 0 Å². The molecule has 0 bridgehead atoms. The molecule has 1 saturated heterocycles. The molecule has 1 aliphatic heterocycles. The zero-order chi connectivity index (χ0) is 12.3. The highest BCUT2D eigenvalue weighted by atomic mass is 32.2. The summed E-state index contributed by atoms with van der Waals surface area (Å²) in [5, 5.41) is 3.05. The maximum atomic E-state index is 13.2. The van der Waals surface area contributed by atoms with Crippen LogP contribution in [0.4, 0.5) is 10.1 Å². The molecule has 17 heavy (non-hydrogen) atoms. The molecule has 0 radical (unpaired) electrons. The summed E-state index contributed by atoms with van der Waals surface area (Å²) in [6.45, 7) is 2.22. The van der Waals surface area contributed by atoms with Crippen LogP contribution in [-0.2, 0) is 17.3 Å². The molecule has 0 aromatic heterocycles. The van der Waals surface area contributed by atoms with Gasteiger partial charge in [-0.25, -0.2) is 4.39 Å². The molecule has 0 atom stereocenters. The third kappa shape index (κ3) is 3.04. The highest BCUT2D eigenvalue weighted by Crippen LogP contribution is 2.23. The van der Waals surface area contributed by atoms with Gasteiger partial charge in [0, 0.05) is 47.6 Å². The van der Waals surface area contributed by atoms with Crippen molar-refractivity contribution >= 4 is 16.5 Å². The Morgan fingerprint density at radius 3 is 2.76 bits per heavy atom. The second-order valence-electron chi connectivity index (χ2n) is 4.14. The third-order valence-electron chi connectivity index (χ3n) is 2.93. The molecule has 94 valence electrons. The van der Waals surface area contributed by atoms with E-state index < -0.39 is 10.8 Å². The van der Waals surface area contributed by atoms with Gasteiger partial charge < -0.3 is 10.2 Å². The van der Waals surface area contributed by atoms with Crippen molar-refractivity contribution in [2.75, 3.05) is 36.5 Å². The van der Waals surface area contributed by atoms with E-state index in [4.69, 9.17) is 0 Å². The zero-order valence-electron chi connectivity index (χ0n) is 9.91. The van der Waals surface area contributed by atoms with Gasteiger partial charge in [-0.15, -0.1) is 0 Å². The Labute approximate surface area is 103 Å². The van der Waals surface area contributed by atoms with E-state index in [-0.39, 0.29) is 5.82 Å². The Bertz CT molecular complexity index is 415. The summed E-state index contributed by atoms with van der Waals surface area (Å²) in [6.07, 6.45) is 0. The van der Waals surface area contributed by atoms with E-state index in [0.717, 1.165) is 24.3 Å². The molecule has 0 spiro atoms. The first-order valence-corrected chi connectivity index (χ1v) is 7.22. The normalized spacial score (nSPS) is 17.4. The summed E-state index contributed by atoms with van der Waals surface area (Å²) in [6, 6.07) is 4.87. The number of halogens is 1. The van der Waals surface area contributed by atoms with Gasteiger partial charge in [0.1, 0.15) is 5.82 Å². The smallest absolute Gasteiger partial charge is 0.123 e. The van der Waals surface area contributed by atoms with Crippen LogP contribution in [0.3, 0.4) is 0 Å². The van der Waals surface area contributed by atoms with E-state index in [0.29, 0.717) is 18.1 Å². The molecule has 0 amide bonds. The van der Waals surface area contributed by atoms with Crippen molar-refractivity contribution in [1.29, 1.82) is 0 Å². The van der Waals surface area contributed by atoms with Crippen molar-refractivity contribution in [2.45, 2.75) is 6.54 Å². The molecule has 0 unspecified atom stereocenters. The van der Waals surface area contributed by atoms with Crippen LogP contribution in [0.25, 0.3) is 0 Å². The summed E-state index contributed by atoms with van der Waals surface area (Å²) in [7, 11) is 1.17. The average molecular weight is 256 g/mol. The van der Waals surface area contributed by atoms with Crippen LogP contribution in [0.2, 0.25) is 0 Å². The molecule has 1 N–H and O–H groups in total. The topological polar surface area (TPSA) is 32.3 Å². The number of nitrogens with one attached hydrogen (secondary N) is 1. The van der Waals surface area contributed by atoms with Crippen molar-refractivity contribution in [3.8, 4) is 0 Å². The van der Waals surface area contributed by atoms with Crippen LogP contribution in [0.15, 0.2) is 18.2 Å². The Morgan fingerprint density at radius 1 is 1.41 bits per heavy atom. The van der Waals surface area contributed by atoms with Gasteiger partial charge >= 0.3 is 0 Å². The maximum Gasteiger partial charge on any atom is 0.123 e. The number of rotatable bonds is 3. The molecule has 5 heteroatoms. The predicted molar refractivity (Wildman–Crippen MR) is 69.3 cm³/mol. The summed E-state index contributed by atoms with van der Waals surface area (Å²) in [5.41, 5.74) is 2.01. The standard InChI is InChI=1S/C12H17FN2OS/c1-14-9-10-8-11(13)2-3-12(10)15-4-6-17(16)7-5-15/h2-3,8,14H,4-7,9H2,1H3. The largest absolute Gasteiger partial charge is 0.369 e. The molecule has 3 nitrogen and oxygen atoms in total. The first-order chi connectivity index (χ1) is 8.20. The van der Waals surface area contributed by atoms with E-state index in [9.17, 15) is 8.60 Å². The lowest BCUT2D eigenvalue weighted by molar-refractivity contribution is 0.622. The van der Waals surface area contributed by atoms with E-state index in [1.165, 1.54) is 6.07 Å². The lowest BCUT2D eigenvalue weighted by atomic mass is 10.1. The number of hydrogen-bond donors (Lipinski definition) is 1. The molecule has 1 fully saturated rings.